The fourth-order valence-corrected chi connectivity index (χ4v) is 1.32. The van der Waals surface area contributed by atoms with Gasteiger partial charge in [-0.3, -0.25) is 0 Å². The van der Waals surface area contributed by atoms with Crippen LogP contribution in [0.1, 0.15) is 16.7 Å². The molecule has 0 unspecified atom stereocenters. The van der Waals surface area contributed by atoms with Crippen LogP contribution in [0.3, 0.4) is 0 Å². The van der Waals surface area contributed by atoms with Crippen LogP contribution in [0, 0.1) is 17.9 Å². The molecular weight excluding hydrogens is 192 g/mol. The van der Waals surface area contributed by atoms with E-state index in [2.05, 4.69) is 24.5 Å². The molecule has 0 N–H and O–H groups in total. The summed E-state index contributed by atoms with van der Waals surface area (Å²) >= 11 is 0. The van der Waals surface area contributed by atoms with E-state index in [1.54, 1.807) is 0 Å². The Labute approximate surface area is 96.3 Å². The third kappa shape index (κ3) is 2.62. The quantitative estimate of drug-likeness (QED) is 0.622. The predicted octanol–water partition coefficient (Wildman–Crippen LogP) is 3.53. The lowest BCUT2D eigenvalue weighted by atomic mass is 10.1. The molecule has 0 aliphatic carbocycles. The van der Waals surface area contributed by atoms with Gasteiger partial charge in [0.2, 0.25) is 0 Å². The molecule has 0 aromatic heterocycles. The molecule has 2 rings (SSSR count). The van der Waals surface area contributed by atoms with Crippen molar-refractivity contribution < 1.29 is 0 Å². The molecular formula is C16H11. The molecule has 0 saturated heterocycles. The van der Waals surface area contributed by atoms with Gasteiger partial charge >= 0.3 is 0 Å². The summed E-state index contributed by atoms with van der Waals surface area (Å²) in [4.78, 5) is 0. The van der Waals surface area contributed by atoms with Crippen molar-refractivity contribution >= 4 is 6.08 Å². The Morgan fingerprint density at radius 1 is 0.875 bits per heavy atom. The number of benzene rings is 2. The zero-order valence-corrected chi connectivity index (χ0v) is 8.90. The van der Waals surface area contributed by atoms with Gasteiger partial charge in [-0.05, 0) is 35.9 Å². The van der Waals surface area contributed by atoms with Crippen molar-refractivity contribution in [1.29, 1.82) is 0 Å². The zero-order valence-electron chi connectivity index (χ0n) is 8.90. The van der Waals surface area contributed by atoms with E-state index in [-0.39, 0.29) is 0 Å². The van der Waals surface area contributed by atoms with Crippen LogP contribution in [-0.2, 0) is 0 Å². The molecule has 0 saturated carbocycles. The van der Waals surface area contributed by atoms with Gasteiger partial charge in [-0.2, -0.15) is 0 Å². The largest absolute Gasteiger partial charge is 0.0985 e. The zero-order chi connectivity index (χ0) is 11.2. The van der Waals surface area contributed by atoms with Crippen LogP contribution in [0.2, 0.25) is 0 Å². The highest BCUT2D eigenvalue weighted by Gasteiger charge is 1.87. The lowest BCUT2D eigenvalue weighted by Gasteiger charge is -1.92. The smallest absolute Gasteiger partial charge is 0.0249 e. The van der Waals surface area contributed by atoms with Crippen LogP contribution in [0.25, 0.3) is 6.08 Å². The van der Waals surface area contributed by atoms with Gasteiger partial charge in [0, 0.05) is 11.1 Å². The minimum absolute atomic E-state index is 1.01. The number of hydrogen-bond donors (Lipinski definition) is 0. The first-order valence-electron chi connectivity index (χ1n) is 5.09. The fourth-order valence-electron chi connectivity index (χ4n) is 1.32. The standard InChI is InChI=1S/C16H11/c1-2-14-8-10-16(11-9-14)13-12-15-6-4-3-5-7-15/h2,4-11H,1H2. The molecule has 0 aliphatic rings. The van der Waals surface area contributed by atoms with E-state index in [9.17, 15) is 0 Å². The van der Waals surface area contributed by atoms with E-state index in [1.165, 1.54) is 0 Å². The van der Waals surface area contributed by atoms with Crippen molar-refractivity contribution in [2.75, 3.05) is 0 Å². The molecule has 75 valence electrons. The molecule has 0 fully saturated rings. The highest BCUT2D eigenvalue weighted by atomic mass is 13.9. The summed E-state index contributed by atoms with van der Waals surface area (Å²) < 4.78 is 0. The SMILES string of the molecule is C=Cc1ccc(C#Cc2cc[c]cc2)cc1. The van der Waals surface area contributed by atoms with E-state index < -0.39 is 0 Å². The minimum Gasteiger partial charge on any atom is -0.0985 e. The van der Waals surface area contributed by atoms with Gasteiger partial charge < -0.3 is 0 Å². The summed E-state index contributed by atoms with van der Waals surface area (Å²) in [7, 11) is 0. The van der Waals surface area contributed by atoms with Gasteiger partial charge in [0.1, 0.15) is 0 Å². The Bertz CT molecular complexity index is 522. The average molecular weight is 203 g/mol. The lowest BCUT2D eigenvalue weighted by Crippen LogP contribution is -1.76. The van der Waals surface area contributed by atoms with Gasteiger partial charge in [0.25, 0.3) is 0 Å². The van der Waals surface area contributed by atoms with E-state index >= 15 is 0 Å². The molecule has 2 aromatic carbocycles. The Kier molecular flexibility index (Phi) is 3.21. The molecule has 16 heavy (non-hydrogen) atoms. The maximum absolute atomic E-state index is 3.71. The third-order valence-electron chi connectivity index (χ3n) is 2.22. The Hall–Kier alpha value is -2.26. The first kappa shape index (κ1) is 10.3. The molecule has 0 aliphatic heterocycles. The highest BCUT2D eigenvalue weighted by molar-refractivity contribution is 5.50. The molecule has 2 aromatic rings. The van der Waals surface area contributed by atoms with E-state index in [0.29, 0.717) is 0 Å². The van der Waals surface area contributed by atoms with Gasteiger partial charge in [0.05, 0.1) is 0 Å². The van der Waals surface area contributed by atoms with Crippen molar-refractivity contribution in [2.24, 2.45) is 0 Å². The molecule has 0 spiro atoms. The third-order valence-corrected chi connectivity index (χ3v) is 2.22. The summed E-state index contributed by atoms with van der Waals surface area (Å²) in [6.45, 7) is 3.71. The minimum atomic E-state index is 1.01. The summed E-state index contributed by atoms with van der Waals surface area (Å²) in [5.74, 6) is 6.22. The molecule has 1 radical (unpaired) electrons. The second kappa shape index (κ2) is 5.00. The summed E-state index contributed by atoms with van der Waals surface area (Å²) in [5.41, 5.74) is 3.13. The van der Waals surface area contributed by atoms with Crippen molar-refractivity contribution in [1.82, 2.24) is 0 Å². The predicted molar refractivity (Wildman–Crippen MR) is 67.8 cm³/mol. The molecule has 0 nitrogen and oxygen atoms in total. The number of rotatable bonds is 1. The van der Waals surface area contributed by atoms with Crippen LogP contribution in [0.15, 0.2) is 55.1 Å². The van der Waals surface area contributed by atoms with E-state index in [4.69, 9.17) is 0 Å². The number of hydrogen-bond acceptors (Lipinski definition) is 0. The van der Waals surface area contributed by atoms with Crippen LogP contribution in [-0.4, -0.2) is 0 Å². The first-order chi connectivity index (χ1) is 7.88. The molecule has 0 bridgehead atoms. The van der Waals surface area contributed by atoms with E-state index in [1.807, 2.05) is 54.6 Å². The maximum Gasteiger partial charge on any atom is 0.0249 e. The topological polar surface area (TPSA) is 0 Å². The monoisotopic (exact) mass is 203 g/mol. The van der Waals surface area contributed by atoms with Crippen LogP contribution >= 0.6 is 0 Å². The Morgan fingerprint density at radius 3 is 2.00 bits per heavy atom. The van der Waals surface area contributed by atoms with Gasteiger partial charge in [-0.25, -0.2) is 0 Å². The van der Waals surface area contributed by atoms with E-state index in [0.717, 1.165) is 16.7 Å². The maximum atomic E-state index is 3.71. The average Bonchev–Trinajstić information content (AvgIpc) is 2.38. The van der Waals surface area contributed by atoms with Crippen LogP contribution in [0.5, 0.6) is 0 Å². The fraction of sp³-hybridized carbons (Fsp3) is 0. The summed E-state index contributed by atoms with van der Waals surface area (Å²) in [5, 5.41) is 0. The summed E-state index contributed by atoms with van der Waals surface area (Å²) in [6.07, 6.45) is 1.82. The van der Waals surface area contributed by atoms with Gasteiger partial charge in [-0.1, -0.05) is 48.8 Å². The molecule has 0 heteroatoms. The highest BCUT2D eigenvalue weighted by Crippen LogP contribution is 2.04. The molecule has 0 heterocycles. The Morgan fingerprint density at radius 2 is 1.44 bits per heavy atom. The molecule has 0 amide bonds. The van der Waals surface area contributed by atoms with Crippen molar-refractivity contribution in [2.45, 2.75) is 0 Å². The van der Waals surface area contributed by atoms with Gasteiger partial charge in [-0.15, -0.1) is 0 Å². The van der Waals surface area contributed by atoms with Gasteiger partial charge in [0.15, 0.2) is 0 Å². The second-order valence-electron chi connectivity index (χ2n) is 3.36. The van der Waals surface area contributed by atoms with Crippen LogP contribution < -0.4 is 0 Å². The second-order valence-corrected chi connectivity index (χ2v) is 3.36. The van der Waals surface area contributed by atoms with Crippen LogP contribution in [0.4, 0.5) is 0 Å². The lowest BCUT2D eigenvalue weighted by molar-refractivity contribution is 1.60. The first-order valence-corrected chi connectivity index (χ1v) is 5.09. The van der Waals surface area contributed by atoms with Crippen molar-refractivity contribution in [3.63, 3.8) is 0 Å². The Balaban J connectivity index is 2.21. The molecule has 0 atom stereocenters. The van der Waals surface area contributed by atoms with Crippen molar-refractivity contribution in [3.8, 4) is 11.8 Å². The van der Waals surface area contributed by atoms with Crippen molar-refractivity contribution in [3.05, 3.63) is 77.9 Å². The summed E-state index contributed by atoms with van der Waals surface area (Å²) in [6, 6.07) is 18.6. The normalized spacial score (nSPS) is 9.00.